The normalized spacial score (nSPS) is 19.9. The standard InChI is InChI=1S/C19H17BrN2O2/c1-24-19(23)16-10-14-13-9-12(20)7-8-15(13)21-18(14)17(22-16)11-5-3-2-4-6-11/h2-9,16-17,21-22H,10H2,1H3. The van der Waals surface area contributed by atoms with Gasteiger partial charge in [-0.2, -0.15) is 0 Å². The van der Waals surface area contributed by atoms with Crippen molar-refractivity contribution < 1.29 is 9.53 Å². The summed E-state index contributed by atoms with van der Waals surface area (Å²) in [5.74, 6) is -0.231. The molecule has 2 atom stereocenters. The molecule has 2 heterocycles. The van der Waals surface area contributed by atoms with Crippen LogP contribution in [0, 0.1) is 0 Å². The summed E-state index contributed by atoms with van der Waals surface area (Å²) >= 11 is 3.54. The molecule has 0 saturated carbocycles. The zero-order valence-corrected chi connectivity index (χ0v) is 14.8. The van der Waals surface area contributed by atoms with Gasteiger partial charge in [-0.05, 0) is 29.3 Å². The van der Waals surface area contributed by atoms with E-state index in [9.17, 15) is 4.79 Å². The van der Waals surface area contributed by atoms with Crippen molar-refractivity contribution in [1.82, 2.24) is 10.3 Å². The highest BCUT2D eigenvalue weighted by Crippen LogP contribution is 2.36. The van der Waals surface area contributed by atoms with Gasteiger partial charge in [0.2, 0.25) is 0 Å². The molecule has 1 aliphatic rings. The first-order valence-corrected chi connectivity index (χ1v) is 8.65. The van der Waals surface area contributed by atoms with Crippen LogP contribution in [-0.2, 0) is 16.0 Å². The Hall–Kier alpha value is -2.11. The lowest BCUT2D eigenvalue weighted by Crippen LogP contribution is -2.45. The summed E-state index contributed by atoms with van der Waals surface area (Å²) in [5.41, 5.74) is 4.50. The molecule has 4 nitrogen and oxygen atoms in total. The first-order valence-electron chi connectivity index (χ1n) is 7.86. The van der Waals surface area contributed by atoms with Crippen LogP contribution < -0.4 is 5.32 Å². The fraction of sp³-hybridized carbons (Fsp3) is 0.211. The van der Waals surface area contributed by atoms with Gasteiger partial charge in [-0.15, -0.1) is 0 Å². The average molecular weight is 385 g/mol. The molecular weight excluding hydrogens is 368 g/mol. The molecule has 2 unspecified atom stereocenters. The molecule has 2 N–H and O–H groups in total. The van der Waals surface area contributed by atoms with Crippen molar-refractivity contribution in [2.75, 3.05) is 7.11 Å². The highest BCUT2D eigenvalue weighted by molar-refractivity contribution is 9.10. The molecule has 0 saturated heterocycles. The van der Waals surface area contributed by atoms with E-state index in [2.05, 4.69) is 50.5 Å². The Labute approximate surface area is 148 Å². The van der Waals surface area contributed by atoms with Crippen LogP contribution in [0.2, 0.25) is 0 Å². The summed E-state index contributed by atoms with van der Waals surface area (Å²) in [6.07, 6.45) is 0.613. The third-order valence-corrected chi connectivity index (χ3v) is 5.08. The summed E-state index contributed by atoms with van der Waals surface area (Å²) in [6, 6.07) is 15.9. The highest BCUT2D eigenvalue weighted by Gasteiger charge is 2.34. The second-order valence-electron chi connectivity index (χ2n) is 6.00. The lowest BCUT2D eigenvalue weighted by Gasteiger charge is -2.30. The molecule has 24 heavy (non-hydrogen) atoms. The number of H-pyrrole nitrogens is 1. The van der Waals surface area contributed by atoms with Gasteiger partial charge in [-0.3, -0.25) is 10.1 Å². The molecule has 0 aliphatic carbocycles. The van der Waals surface area contributed by atoms with Crippen molar-refractivity contribution in [2.45, 2.75) is 18.5 Å². The summed E-state index contributed by atoms with van der Waals surface area (Å²) < 4.78 is 6.01. The van der Waals surface area contributed by atoms with E-state index >= 15 is 0 Å². The predicted octanol–water partition coefficient (Wildman–Crippen LogP) is 3.71. The van der Waals surface area contributed by atoms with Gasteiger partial charge in [-0.1, -0.05) is 46.3 Å². The molecule has 2 aromatic carbocycles. The fourth-order valence-electron chi connectivity index (χ4n) is 3.46. The van der Waals surface area contributed by atoms with E-state index in [1.54, 1.807) is 0 Å². The van der Waals surface area contributed by atoms with Crippen molar-refractivity contribution in [2.24, 2.45) is 0 Å². The van der Waals surface area contributed by atoms with Crippen LogP contribution in [0.25, 0.3) is 10.9 Å². The summed E-state index contributed by atoms with van der Waals surface area (Å²) in [4.78, 5) is 15.7. The number of benzene rings is 2. The van der Waals surface area contributed by atoms with Crippen molar-refractivity contribution >= 4 is 32.8 Å². The predicted molar refractivity (Wildman–Crippen MR) is 96.9 cm³/mol. The van der Waals surface area contributed by atoms with Crippen LogP contribution in [-0.4, -0.2) is 24.1 Å². The fourth-order valence-corrected chi connectivity index (χ4v) is 3.82. The molecule has 5 heteroatoms. The lowest BCUT2D eigenvalue weighted by atomic mass is 9.90. The second kappa shape index (κ2) is 6.07. The Morgan fingerprint density at radius 2 is 2.00 bits per heavy atom. The van der Waals surface area contributed by atoms with E-state index in [4.69, 9.17) is 4.74 Å². The summed E-state index contributed by atoms with van der Waals surface area (Å²) in [5, 5.41) is 4.58. The van der Waals surface area contributed by atoms with Crippen LogP contribution in [0.4, 0.5) is 0 Å². The summed E-state index contributed by atoms with van der Waals surface area (Å²) in [6.45, 7) is 0. The van der Waals surface area contributed by atoms with Crippen molar-refractivity contribution in [1.29, 1.82) is 0 Å². The number of carbonyl (C=O) groups excluding carboxylic acids is 1. The zero-order valence-electron chi connectivity index (χ0n) is 13.2. The van der Waals surface area contributed by atoms with Gasteiger partial charge >= 0.3 is 5.97 Å². The number of aromatic nitrogens is 1. The minimum absolute atomic E-state index is 0.0646. The van der Waals surface area contributed by atoms with Crippen molar-refractivity contribution in [3.8, 4) is 0 Å². The van der Waals surface area contributed by atoms with Crippen LogP contribution in [0.15, 0.2) is 53.0 Å². The first kappa shape index (κ1) is 15.4. The molecule has 3 aromatic rings. The third-order valence-electron chi connectivity index (χ3n) is 4.58. The third kappa shape index (κ3) is 2.54. The molecule has 0 radical (unpaired) electrons. The number of ether oxygens (including phenoxy) is 1. The summed E-state index contributed by atoms with van der Waals surface area (Å²) in [7, 11) is 1.43. The maximum atomic E-state index is 12.2. The van der Waals surface area contributed by atoms with Gasteiger partial charge in [0.15, 0.2) is 0 Å². The van der Waals surface area contributed by atoms with Gasteiger partial charge in [0.1, 0.15) is 6.04 Å². The number of rotatable bonds is 2. The Balaban J connectivity index is 1.89. The minimum atomic E-state index is -0.356. The smallest absolute Gasteiger partial charge is 0.323 e. The maximum Gasteiger partial charge on any atom is 0.323 e. The molecule has 0 bridgehead atoms. The Kier molecular flexibility index (Phi) is 3.90. The minimum Gasteiger partial charge on any atom is -0.468 e. The molecule has 0 amide bonds. The highest BCUT2D eigenvalue weighted by atomic mass is 79.9. The monoisotopic (exact) mass is 384 g/mol. The number of hydrogen-bond donors (Lipinski definition) is 2. The van der Waals surface area contributed by atoms with E-state index in [1.807, 2.05) is 24.3 Å². The second-order valence-corrected chi connectivity index (χ2v) is 6.91. The number of methoxy groups -OCH3 is 1. The molecule has 4 rings (SSSR count). The Bertz CT molecular complexity index is 904. The van der Waals surface area contributed by atoms with Crippen molar-refractivity contribution in [3.05, 3.63) is 69.8 Å². The number of fused-ring (bicyclic) bond motifs is 3. The van der Waals surface area contributed by atoms with E-state index in [0.29, 0.717) is 6.42 Å². The van der Waals surface area contributed by atoms with E-state index in [1.165, 1.54) is 12.7 Å². The molecule has 0 spiro atoms. The van der Waals surface area contributed by atoms with Crippen LogP contribution in [0.1, 0.15) is 22.9 Å². The maximum absolute atomic E-state index is 12.2. The number of esters is 1. The number of aromatic amines is 1. The SMILES string of the molecule is COC(=O)C1Cc2c([nH]c3ccc(Br)cc23)C(c2ccccc2)N1. The van der Waals surface area contributed by atoms with Gasteiger partial charge in [0.25, 0.3) is 0 Å². The van der Waals surface area contributed by atoms with E-state index in [-0.39, 0.29) is 18.1 Å². The zero-order chi connectivity index (χ0) is 16.7. The number of nitrogens with one attached hydrogen (secondary N) is 2. The Morgan fingerprint density at radius 1 is 1.21 bits per heavy atom. The molecule has 1 aromatic heterocycles. The first-order chi connectivity index (χ1) is 11.7. The van der Waals surface area contributed by atoms with Crippen LogP contribution in [0.3, 0.4) is 0 Å². The molecule has 1 aliphatic heterocycles. The van der Waals surface area contributed by atoms with Gasteiger partial charge in [-0.25, -0.2) is 0 Å². The largest absolute Gasteiger partial charge is 0.468 e. The van der Waals surface area contributed by atoms with Crippen LogP contribution in [0.5, 0.6) is 0 Å². The molecule has 122 valence electrons. The lowest BCUT2D eigenvalue weighted by molar-refractivity contribution is -0.143. The quantitative estimate of drug-likeness (QED) is 0.662. The molecule has 0 fully saturated rings. The molecular formula is C19H17BrN2O2. The average Bonchev–Trinajstić information content (AvgIpc) is 2.99. The number of halogens is 1. The van der Waals surface area contributed by atoms with E-state index in [0.717, 1.165) is 26.6 Å². The Morgan fingerprint density at radius 3 is 2.75 bits per heavy atom. The van der Waals surface area contributed by atoms with Gasteiger partial charge < -0.3 is 9.72 Å². The van der Waals surface area contributed by atoms with Gasteiger partial charge in [0.05, 0.1) is 13.2 Å². The number of carbonyl (C=O) groups is 1. The van der Waals surface area contributed by atoms with Crippen molar-refractivity contribution in [3.63, 3.8) is 0 Å². The van der Waals surface area contributed by atoms with E-state index < -0.39 is 0 Å². The topological polar surface area (TPSA) is 54.1 Å². The van der Waals surface area contributed by atoms with Gasteiger partial charge in [0, 0.05) is 27.5 Å². The number of hydrogen-bond acceptors (Lipinski definition) is 3. The van der Waals surface area contributed by atoms with Crippen LogP contribution >= 0.6 is 15.9 Å².